The molecule has 1 aromatic carbocycles. The summed E-state index contributed by atoms with van der Waals surface area (Å²) in [6, 6.07) is 7.20. The second-order valence-corrected chi connectivity index (χ2v) is 5.59. The monoisotopic (exact) mass is 401 g/mol. The van der Waals surface area contributed by atoms with E-state index in [0.717, 1.165) is 12.3 Å². The number of nitrogens with zero attached hydrogens (tertiary/aromatic N) is 2. The molecule has 144 valence electrons. The molecule has 1 heterocycles. The molecule has 0 aliphatic carbocycles. The fourth-order valence-electron chi connectivity index (χ4n) is 2.19. The highest BCUT2D eigenvalue weighted by molar-refractivity contribution is 6.45. The van der Waals surface area contributed by atoms with Crippen LogP contribution in [-0.4, -0.2) is 30.8 Å². The molecular weight excluding hydrogens is 387 g/mol. The molecule has 0 saturated heterocycles. The summed E-state index contributed by atoms with van der Waals surface area (Å²) in [6.07, 6.45) is -3.63. The standard InChI is InChI=1S/C17H15ClF3N3O3/c1-22-15(25)14(24-26-2)12-6-4-3-5-10(12)9-27-16-13(17(19,20)21)7-11(18)8-23-16/h3-8H,9H2,1-2H3,(H,22,25)/b24-14-. The van der Waals surface area contributed by atoms with E-state index in [1.807, 2.05) is 0 Å². The fourth-order valence-corrected chi connectivity index (χ4v) is 2.35. The molecule has 0 aliphatic heterocycles. The molecule has 1 N–H and O–H groups in total. The average molecular weight is 402 g/mol. The molecule has 0 saturated carbocycles. The Kier molecular flexibility index (Phi) is 6.62. The smallest absolute Gasteiger partial charge is 0.421 e. The van der Waals surface area contributed by atoms with Gasteiger partial charge in [-0.15, -0.1) is 0 Å². The summed E-state index contributed by atoms with van der Waals surface area (Å²) < 4.78 is 44.7. The minimum absolute atomic E-state index is 0.0423. The number of ether oxygens (including phenoxy) is 1. The van der Waals surface area contributed by atoms with Gasteiger partial charge in [0, 0.05) is 18.8 Å². The number of oxime groups is 1. The van der Waals surface area contributed by atoms with Gasteiger partial charge in [0.15, 0.2) is 5.71 Å². The Bertz CT molecular complexity index is 857. The summed E-state index contributed by atoms with van der Waals surface area (Å²) in [7, 11) is 2.69. The number of alkyl halides is 3. The Morgan fingerprint density at radius 1 is 1.33 bits per heavy atom. The highest BCUT2D eigenvalue weighted by atomic mass is 35.5. The van der Waals surface area contributed by atoms with Gasteiger partial charge in [-0.2, -0.15) is 13.2 Å². The van der Waals surface area contributed by atoms with Crippen LogP contribution in [0.4, 0.5) is 13.2 Å². The van der Waals surface area contributed by atoms with Crippen LogP contribution in [0.25, 0.3) is 0 Å². The van der Waals surface area contributed by atoms with Gasteiger partial charge in [0.05, 0.1) is 5.02 Å². The molecule has 0 unspecified atom stereocenters. The second kappa shape index (κ2) is 8.72. The number of likely N-dealkylation sites (N-methyl/N-ethyl adjacent to an activating group) is 1. The van der Waals surface area contributed by atoms with Crippen molar-refractivity contribution in [1.82, 2.24) is 10.3 Å². The van der Waals surface area contributed by atoms with Crippen LogP contribution in [0, 0.1) is 0 Å². The number of hydrogen-bond donors (Lipinski definition) is 1. The number of nitrogens with one attached hydrogen (secondary N) is 1. The third kappa shape index (κ3) is 5.10. The molecule has 0 atom stereocenters. The van der Waals surface area contributed by atoms with Gasteiger partial charge in [-0.1, -0.05) is 41.0 Å². The van der Waals surface area contributed by atoms with E-state index >= 15 is 0 Å². The number of carbonyl (C=O) groups excluding carboxylic acids is 1. The lowest BCUT2D eigenvalue weighted by Crippen LogP contribution is -2.29. The van der Waals surface area contributed by atoms with E-state index in [9.17, 15) is 18.0 Å². The van der Waals surface area contributed by atoms with E-state index < -0.39 is 23.5 Å². The topological polar surface area (TPSA) is 72.8 Å². The van der Waals surface area contributed by atoms with Crippen molar-refractivity contribution in [2.45, 2.75) is 12.8 Å². The van der Waals surface area contributed by atoms with Crippen molar-refractivity contribution in [3.05, 3.63) is 58.2 Å². The first-order valence-corrected chi connectivity index (χ1v) is 7.92. The lowest BCUT2D eigenvalue weighted by Gasteiger charge is -2.15. The van der Waals surface area contributed by atoms with Crippen molar-refractivity contribution >= 4 is 23.2 Å². The molecule has 2 rings (SSSR count). The van der Waals surface area contributed by atoms with E-state index in [0.29, 0.717) is 11.1 Å². The van der Waals surface area contributed by atoms with Crippen molar-refractivity contribution in [2.75, 3.05) is 14.2 Å². The maximum Gasteiger partial charge on any atom is 0.421 e. The normalized spacial score (nSPS) is 11.9. The van der Waals surface area contributed by atoms with Gasteiger partial charge in [0.1, 0.15) is 19.3 Å². The van der Waals surface area contributed by atoms with Crippen LogP contribution in [-0.2, 0) is 22.4 Å². The van der Waals surface area contributed by atoms with Crippen LogP contribution >= 0.6 is 11.6 Å². The van der Waals surface area contributed by atoms with Crippen molar-refractivity contribution in [2.24, 2.45) is 5.16 Å². The molecule has 0 radical (unpaired) electrons. The van der Waals surface area contributed by atoms with Crippen LogP contribution in [0.2, 0.25) is 5.02 Å². The molecular formula is C17H15ClF3N3O3. The van der Waals surface area contributed by atoms with Crippen LogP contribution < -0.4 is 10.1 Å². The number of pyridine rings is 1. The highest BCUT2D eigenvalue weighted by Gasteiger charge is 2.35. The molecule has 10 heteroatoms. The zero-order chi connectivity index (χ0) is 20.0. The molecule has 0 spiro atoms. The third-order valence-electron chi connectivity index (χ3n) is 3.38. The number of benzene rings is 1. The molecule has 27 heavy (non-hydrogen) atoms. The van der Waals surface area contributed by atoms with E-state index in [1.165, 1.54) is 14.2 Å². The Hall–Kier alpha value is -2.81. The van der Waals surface area contributed by atoms with E-state index in [2.05, 4.69) is 20.3 Å². The van der Waals surface area contributed by atoms with Crippen LogP contribution in [0.1, 0.15) is 16.7 Å². The molecule has 2 aromatic rings. The van der Waals surface area contributed by atoms with Crippen LogP contribution in [0.5, 0.6) is 5.88 Å². The molecule has 0 fully saturated rings. The minimum atomic E-state index is -4.68. The summed E-state index contributed by atoms with van der Waals surface area (Å²) in [6.45, 7) is -0.284. The van der Waals surface area contributed by atoms with Crippen molar-refractivity contribution in [1.29, 1.82) is 0 Å². The Morgan fingerprint density at radius 3 is 2.67 bits per heavy atom. The summed E-state index contributed by atoms with van der Waals surface area (Å²) in [4.78, 5) is 20.3. The summed E-state index contributed by atoms with van der Waals surface area (Å²) in [5.41, 5.74) is -0.369. The van der Waals surface area contributed by atoms with E-state index in [4.69, 9.17) is 16.3 Å². The molecule has 1 aromatic heterocycles. The third-order valence-corrected chi connectivity index (χ3v) is 3.59. The largest absolute Gasteiger partial charge is 0.472 e. The lowest BCUT2D eigenvalue weighted by atomic mass is 10.0. The first-order chi connectivity index (χ1) is 12.8. The zero-order valence-electron chi connectivity index (χ0n) is 14.3. The molecule has 1 amide bonds. The number of hydrogen-bond acceptors (Lipinski definition) is 5. The SMILES string of the molecule is CNC(=O)/C(=N\OC)c1ccccc1COc1ncc(Cl)cc1C(F)(F)F. The number of carbonyl (C=O) groups is 1. The summed E-state index contributed by atoms with van der Waals surface area (Å²) >= 11 is 5.60. The van der Waals surface area contributed by atoms with Crippen LogP contribution in [0.15, 0.2) is 41.7 Å². The Labute approximate surface area is 157 Å². The first kappa shape index (κ1) is 20.5. The predicted molar refractivity (Wildman–Crippen MR) is 92.6 cm³/mol. The predicted octanol–water partition coefficient (Wildman–Crippen LogP) is 3.43. The number of amides is 1. The van der Waals surface area contributed by atoms with Crippen molar-refractivity contribution in [3.8, 4) is 5.88 Å². The van der Waals surface area contributed by atoms with E-state index in [1.54, 1.807) is 24.3 Å². The van der Waals surface area contributed by atoms with Crippen molar-refractivity contribution < 1.29 is 27.5 Å². The maximum atomic E-state index is 13.1. The summed E-state index contributed by atoms with van der Waals surface area (Å²) in [5.74, 6) is -1.14. The van der Waals surface area contributed by atoms with Gasteiger partial charge in [-0.25, -0.2) is 4.98 Å². The fraction of sp³-hybridized carbons (Fsp3) is 0.235. The highest BCUT2D eigenvalue weighted by Crippen LogP contribution is 2.36. The van der Waals surface area contributed by atoms with Gasteiger partial charge in [-0.05, 0) is 11.6 Å². The quantitative estimate of drug-likeness (QED) is 0.594. The van der Waals surface area contributed by atoms with Crippen molar-refractivity contribution in [3.63, 3.8) is 0 Å². The summed E-state index contributed by atoms with van der Waals surface area (Å²) in [5, 5.41) is 5.94. The Morgan fingerprint density at radius 2 is 2.04 bits per heavy atom. The Balaban J connectivity index is 2.36. The lowest BCUT2D eigenvalue weighted by molar-refractivity contribution is -0.139. The van der Waals surface area contributed by atoms with Gasteiger partial charge >= 0.3 is 6.18 Å². The average Bonchev–Trinajstić information content (AvgIpc) is 2.64. The van der Waals surface area contributed by atoms with Gasteiger partial charge in [0.25, 0.3) is 5.91 Å². The molecule has 6 nitrogen and oxygen atoms in total. The van der Waals surface area contributed by atoms with E-state index in [-0.39, 0.29) is 17.3 Å². The molecule has 0 bridgehead atoms. The second-order valence-electron chi connectivity index (χ2n) is 5.15. The zero-order valence-corrected chi connectivity index (χ0v) is 15.1. The van der Waals surface area contributed by atoms with Gasteiger partial charge in [-0.3, -0.25) is 4.79 Å². The van der Waals surface area contributed by atoms with Crippen LogP contribution in [0.3, 0.4) is 0 Å². The molecule has 0 aliphatic rings. The number of halogens is 4. The number of rotatable bonds is 6. The minimum Gasteiger partial charge on any atom is -0.472 e. The maximum absolute atomic E-state index is 13.1. The first-order valence-electron chi connectivity index (χ1n) is 7.55. The van der Waals surface area contributed by atoms with Gasteiger partial charge in [0.2, 0.25) is 5.88 Å². The number of aromatic nitrogens is 1. The van der Waals surface area contributed by atoms with Gasteiger partial charge < -0.3 is 14.9 Å².